The largest absolute Gasteiger partial charge is 0.489 e. The molecule has 2 rings (SSSR count). The van der Waals surface area contributed by atoms with Crippen molar-refractivity contribution in [1.82, 2.24) is 10.2 Å². The monoisotopic (exact) mass is 542 g/mol. The molecule has 0 aliphatic carbocycles. The number of carboxylic acids is 1. The summed E-state index contributed by atoms with van der Waals surface area (Å²) in [7, 11) is 0. The molecule has 0 aliphatic heterocycles. The highest BCUT2D eigenvalue weighted by molar-refractivity contribution is 5.80. The van der Waals surface area contributed by atoms with E-state index in [0.717, 1.165) is 11.1 Å². The standard InChI is InChI=1S/C30H42N2O7/c1-6-13-25(27(33)34)32(29(36)39-30(3,4)5)20-22(2)38-26-18-11-10-16-24(26)17-12-19-31-28(35)37-21-23-14-8-7-9-15-23/h7-11,14-16,18,22,25H,6,12-13,17,19-21H2,1-5H3,(H,31,35)(H,33,34)/t22-,25+/m1/s1. The molecule has 2 aromatic rings. The van der Waals surface area contributed by atoms with Gasteiger partial charge in [-0.15, -0.1) is 0 Å². The van der Waals surface area contributed by atoms with E-state index in [2.05, 4.69) is 5.32 Å². The molecule has 0 unspecified atom stereocenters. The van der Waals surface area contributed by atoms with Crippen molar-refractivity contribution in [3.8, 4) is 5.75 Å². The van der Waals surface area contributed by atoms with Crippen molar-refractivity contribution in [3.05, 3.63) is 65.7 Å². The fourth-order valence-corrected chi connectivity index (χ4v) is 3.94. The van der Waals surface area contributed by atoms with Gasteiger partial charge in [0.05, 0.1) is 6.54 Å². The molecular weight excluding hydrogens is 500 g/mol. The number of ether oxygens (including phenoxy) is 3. The van der Waals surface area contributed by atoms with E-state index in [1.165, 1.54) is 4.90 Å². The zero-order valence-electron chi connectivity index (χ0n) is 23.6. The Morgan fingerprint density at radius 2 is 1.69 bits per heavy atom. The quantitative estimate of drug-likeness (QED) is 0.290. The maximum Gasteiger partial charge on any atom is 0.411 e. The van der Waals surface area contributed by atoms with Gasteiger partial charge in [-0.1, -0.05) is 61.9 Å². The summed E-state index contributed by atoms with van der Waals surface area (Å²) in [6.07, 6.45) is 0.558. The van der Waals surface area contributed by atoms with E-state index in [1.54, 1.807) is 27.7 Å². The zero-order chi connectivity index (χ0) is 28.8. The lowest BCUT2D eigenvalue weighted by molar-refractivity contribution is -0.143. The summed E-state index contributed by atoms with van der Waals surface area (Å²) in [5, 5.41) is 12.6. The van der Waals surface area contributed by atoms with E-state index in [9.17, 15) is 19.5 Å². The van der Waals surface area contributed by atoms with Crippen molar-refractivity contribution < 1.29 is 33.7 Å². The Hall–Kier alpha value is -3.75. The average molecular weight is 543 g/mol. The van der Waals surface area contributed by atoms with Gasteiger partial charge in [0.1, 0.15) is 30.1 Å². The van der Waals surface area contributed by atoms with Crippen LogP contribution in [0.2, 0.25) is 0 Å². The third kappa shape index (κ3) is 11.7. The molecule has 2 N–H and O–H groups in total. The molecule has 214 valence electrons. The van der Waals surface area contributed by atoms with E-state index in [-0.39, 0.29) is 13.2 Å². The Bertz CT molecular complexity index is 1050. The smallest absolute Gasteiger partial charge is 0.411 e. The lowest BCUT2D eigenvalue weighted by atomic mass is 10.1. The molecule has 0 saturated carbocycles. The van der Waals surface area contributed by atoms with Crippen LogP contribution in [0.3, 0.4) is 0 Å². The number of benzene rings is 2. The topological polar surface area (TPSA) is 114 Å². The number of amides is 2. The molecule has 0 spiro atoms. The van der Waals surface area contributed by atoms with Crippen LogP contribution in [0.4, 0.5) is 9.59 Å². The van der Waals surface area contributed by atoms with E-state index >= 15 is 0 Å². The number of carbonyl (C=O) groups is 3. The number of carboxylic acid groups (broad SMARTS) is 1. The summed E-state index contributed by atoms with van der Waals surface area (Å²) in [4.78, 5) is 38.1. The van der Waals surface area contributed by atoms with E-state index in [4.69, 9.17) is 14.2 Å². The molecule has 9 heteroatoms. The highest BCUT2D eigenvalue weighted by Gasteiger charge is 2.33. The van der Waals surface area contributed by atoms with Gasteiger partial charge in [-0.2, -0.15) is 0 Å². The molecule has 2 amide bonds. The highest BCUT2D eigenvalue weighted by Crippen LogP contribution is 2.22. The van der Waals surface area contributed by atoms with Crippen LogP contribution in [-0.2, 0) is 27.3 Å². The first kappa shape index (κ1) is 31.5. The van der Waals surface area contributed by atoms with Gasteiger partial charge in [-0.05, 0) is 64.2 Å². The van der Waals surface area contributed by atoms with Crippen molar-refractivity contribution >= 4 is 18.2 Å². The van der Waals surface area contributed by atoms with Crippen molar-refractivity contribution in [2.75, 3.05) is 13.1 Å². The van der Waals surface area contributed by atoms with Gasteiger partial charge in [-0.25, -0.2) is 14.4 Å². The number of nitrogens with zero attached hydrogens (tertiary/aromatic N) is 1. The minimum absolute atomic E-state index is 0.0506. The Morgan fingerprint density at radius 1 is 1.03 bits per heavy atom. The first-order valence-corrected chi connectivity index (χ1v) is 13.4. The first-order chi connectivity index (χ1) is 18.5. The van der Waals surface area contributed by atoms with Crippen LogP contribution in [0.1, 0.15) is 65.0 Å². The number of carbonyl (C=O) groups excluding carboxylic acids is 2. The summed E-state index contributed by atoms with van der Waals surface area (Å²) in [5.41, 5.74) is 1.10. The molecule has 0 aromatic heterocycles. The minimum Gasteiger partial charge on any atom is -0.489 e. The summed E-state index contributed by atoms with van der Waals surface area (Å²) >= 11 is 0. The van der Waals surface area contributed by atoms with Gasteiger partial charge in [-0.3, -0.25) is 4.90 Å². The normalized spacial score (nSPS) is 12.6. The first-order valence-electron chi connectivity index (χ1n) is 13.4. The number of rotatable bonds is 14. The fourth-order valence-electron chi connectivity index (χ4n) is 3.94. The average Bonchev–Trinajstić information content (AvgIpc) is 2.87. The number of hydrogen-bond donors (Lipinski definition) is 2. The Labute approximate surface area is 231 Å². The van der Waals surface area contributed by atoms with Gasteiger partial charge in [0.25, 0.3) is 0 Å². The highest BCUT2D eigenvalue weighted by atomic mass is 16.6. The Balaban J connectivity index is 1.94. The van der Waals surface area contributed by atoms with Crippen molar-refractivity contribution in [2.45, 2.75) is 84.7 Å². The summed E-state index contributed by atoms with van der Waals surface area (Å²) in [5.74, 6) is -0.437. The lowest BCUT2D eigenvalue weighted by Gasteiger charge is -2.33. The van der Waals surface area contributed by atoms with E-state index in [0.29, 0.717) is 38.0 Å². The second-order valence-corrected chi connectivity index (χ2v) is 10.4. The molecule has 2 atom stereocenters. The summed E-state index contributed by atoms with van der Waals surface area (Å²) in [6.45, 7) is 9.59. The van der Waals surface area contributed by atoms with E-state index < -0.39 is 35.9 Å². The molecule has 0 aliphatic rings. The summed E-state index contributed by atoms with van der Waals surface area (Å²) in [6, 6.07) is 16.0. The number of aliphatic carboxylic acids is 1. The molecule has 0 heterocycles. The van der Waals surface area contributed by atoms with Gasteiger partial charge >= 0.3 is 18.2 Å². The Kier molecular flexibility index (Phi) is 12.6. The molecule has 0 fully saturated rings. The predicted molar refractivity (Wildman–Crippen MR) is 149 cm³/mol. The van der Waals surface area contributed by atoms with Crippen LogP contribution in [0.15, 0.2) is 54.6 Å². The molecule has 0 radical (unpaired) electrons. The molecule has 9 nitrogen and oxygen atoms in total. The lowest BCUT2D eigenvalue weighted by Crippen LogP contribution is -2.50. The second-order valence-electron chi connectivity index (χ2n) is 10.4. The van der Waals surface area contributed by atoms with Gasteiger partial charge in [0.15, 0.2) is 0 Å². The third-order valence-electron chi connectivity index (χ3n) is 5.71. The fraction of sp³-hybridized carbons (Fsp3) is 0.500. The van der Waals surface area contributed by atoms with Crippen LogP contribution in [-0.4, -0.2) is 59.0 Å². The van der Waals surface area contributed by atoms with Crippen molar-refractivity contribution in [1.29, 1.82) is 0 Å². The number of para-hydroxylation sites is 1. The third-order valence-corrected chi connectivity index (χ3v) is 5.71. The van der Waals surface area contributed by atoms with Gasteiger partial charge < -0.3 is 24.6 Å². The van der Waals surface area contributed by atoms with Crippen LogP contribution < -0.4 is 10.1 Å². The van der Waals surface area contributed by atoms with Gasteiger partial charge in [0, 0.05) is 6.54 Å². The molecular formula is C30H42N2O7. The number of aryl methyl sites for hydroxylation is 1. The van der Waals surface area contributed by atoms with E-state index in [1.807, 2.05) is 61.5 Å². The van der Waals surface area contributed by atoms with Crippen LogP contribution in [0.5, 0.6) is 5.75 Å². The number of nitrogens with one attached hydrogen (secondary N) is 1. The van der Waals surface area contributed by atoms with Crippen LogP contribution in [0.25, 0.3) is 0 Å². The van der Waals surface area contributed by atoms with Crippen molar-refractivity contribution in [2.24, 2.45) is 0 Å². The number of hydrogen-bond acceptors (Lipinski definition) is 6. The zero-order valence-corrected chi connectivity index (χ0v) is 23.6. The maximum absolute atomic E-state index is 12.9. The van der Waals surface area contributed by atoms with Crippen LogP contribution >= 0.6 is 0 Å². The predicted octanol–water partition coefficient (Wildman–Crippen LogP) is 5.80. The van der Waals surface area contributed by atoms with Crippen LogP contribution in [0, 0.1) is 0 Å². The molecule has 0 bridgehead atoms. The molecule has 0 saturated heterocycles. The second kappa shape index (κ2) is 15.6. The SMILES string of the molecule is CCC[C@@H](C(=O)O)N(C[C@@H](C)Oc1ccccc1CCCNC(=O)OCc1ccccc1)C(=O)OC(C)(C)C. The molecule has 2 aromatic carbocycles. The summed E-state index contributed by atoms with van der Waals surface area (Å²) < 4.78 is 16.9. The molecule has 39 heavy (non-hydrogen) atoms. The van der Waals surface area contributed by atoms with Crippen molar-refractivity contribution in [3.63, 3.8) is 0 Å². The van der Waals surface area contributed by atoms with Gasteiger partial charge in [0.2, 0.25) is 0 Å². The number of alkyl carbamates (subject to hydrolysis) is 1. The maximum atomic E-state index is 12.9. The Morgan fingerprint density at radius 3 is 2.33 bits per heavy atom. The minimum atomic E-state index is -1.08.